The van der Waals surface area contributed by atoms with Gasteiger partial charge in [-0.3, -0.25) is 9.79 Å². The number of carbonyl (C=O) groups is 1. The molecule has 0 bridgehead atoms. The summed E-state index contributed by atoms with van der Waals surface area (Å²) in [5.74, 6) is 1.98. The number of nitrogens with one attached hydrogen (secondary N) is 1. The molecule has 1 aliphatic rings. The predicted octanol–water partition coefficient (Wildman–Crippen LogP) is 5.99. The van der Waals surface area contributed by atoms with Crippen molar-refractivity contribution in [3.8, 4) is 17.2 Å². The molecule has 1 unspecified atom stereocenters. The fourth-order valence-corrected chi connectivity index (χ4v) is 5.10. The number of carbonyl (C=O) groups excluding carboxylic acids is 1. The highest BCUT2D eigenvalue weighted by Crippen LogP contribution is 2.36. The number of nitrogens with zero attached hydrogens (tertiary/aromatic N) is 1. The van der Waals surface area contributed by atoms with E-state index in [1.807, 2.05) is 80.6 Å². The molecule has 4 aromatic rings. The summed E-state index contributed by atoms with van der Waals surface area (Å²) in [6, 6.07) is 24.0. The Balaban J connectivity index is 0.00000112. The van der Waals surface area contributed by atoms with Crippen LogP contribution in [0.1, 0.15) is 30.2 Å². The van der Waals surface area contributed by atoms with E-state index < -0.39 is 11.6 Å². The number of aromatic amines is 1. The Bertz CT molecular complexity index is 1480. The summed E-state index contributed by atoms with van der Waals surface area (Å²) < 4.78 is 34.1. The third-order valence-electron chi connectivity index (χ3n) is 5.81. The van der Waals surface area contributed by atoms with Crippen molar-refractivity contribution >= 4 is 45.2 Å². The van der Waals surface area contributed by atoms with E-state index in [2.05, 4.69) is 16.0 Å². The van der Waals surface area contributed by atoms with Crippen molar-refractivity contribution in [1.29, 1.82) is 0 Å². The van der Waals surface area contributed by atoms with Crippen LogP contribution in [0.15, 0.2) is 77.8 Å². The number of aromatic nitrogens is 1. The van der Waals surface area contributed by atoms with Gasteiger partial charge < -0.3 is 19.2 Å². The largest absolute Gasteiger partial charge is 0.487 e. The van der Waals surface area contributed by atoms with Gasteiger partial charge in [-0.1, -0.05) is 59.8 Å². The summed E-state index contributed by atoms with van der Waals surface area (Å²) in [5.41, 5.74) is 4.05. The van der Waals surface area contributed by atoms with Gasteiger partial charge in [-0.25, -0.2) is 0 Å². The maximum absolute atomic E-state index is 11.9. The number of H-pyrrole nitrogens is 1. The van der Waals surface area contributed by atoms with Crippen LogP contribution in [-0.4, -0.2) is 42.8 Å². The first-order valence-corrected chi connectivity index (χ1v) is 13.9. The average Bonchev–Trinajstić information content (AvgIpc) is 3.57. The van der Waals surface area contributed by atoms with Gasteiger partial charge in [-0.15, -0.1) is 0 Å². The van der Waals surface area contributed by atoms with Crippen LogP contribution in [0.4, 0.5) is 0 Å². The Morgan fingerprint density at radius 2 is 1.79 bits per heavy atom. The van der Waals surface area contributed by atoms with E-state index in [4.69, 9.17) is 22.6 Å². The zero-order valence-electron chi connectivity index (χ0n) is 21.5. The molecule has 2 heterocycles. The third kappa shape index (κ3) is 7.81. The number of aryl methyl sites for hydroxylation is 1. The van der Waals surface area contributed by atoms with Crippen molar-refractivity contribution in [1.82, 2.24) is 4.98 Å². The summed E-state index contributed by atoms with van der Waals surface area (Å²) in [6.45, 7) is 5.29. The summed E-state index contributed by atoms with van der Waals surface area (Å²) in [6.07, 6.45) is 0.353. The summed E-state index contributed by atoms with van der Waals surface area (Å²) in [4.78, 5) is 20.1. The van der Waals surface area contributed by atoms with Gasteiger partial charge in [-0.2, -0.15) is 8.42 Å². The SMILES string of the molecule is CCOC(=O)CC1CN=C(c2cc3cc(Oc4ccc(C)cc4)cc(OCc4ccccc4)c3[nH]2)S1.O=S=O. The fourth-order valence-electron chi connectivity index (χ4n) is 4.03. The molecule has 0 spiro atoms. The zero-order valence-corrected chi connectivity index (χ0v) is 23.2. The lowest BCUT2D eigenvalue weighted by Gasteiger charge is -2.11. The Morgan fingerprint density at radius 1 is 1.05 bits per heavy atom. The number of esters is 1. The number of ether oxygens (including phenoxy) is 3. The fraction of sp³-hybridized carbons (Fsp3) is 0.241. The monoisotopic (exact) mass is 564 g/mol. The minimum absolute atomic E-state index is 0.0831. The van der Waals surface area contributed by atoms with Crippen molar-refractivity contribution in [2.75, 3.05) is 13.2 Å². The highest BCUT2D eigenvalue weighted by molar-refractivity contribution is 8.15. The second-order valence-corrected chi connectivity index (χ2v) is 10.1. The van der Waals surface area contributed by atoms with E-state index in [1.54, 1.807) is 11.8 Å². The maximum Gasteiger partial charge on any atom is 0.335 e. The first kappa shape index (κ1) is 28.1. The Morgan fingerprint density at radius 3 is 2.51 bits per heavy atom. The van der Waals surface area contributed by atoms with E-state index in [0.29, 0.717) is 37.7 Å². The molecule has 5 rings (SSSR count). The van der Waals surface area contributed by atoms with E-state index >= 15 is 0 Å². The molecule has 0 amide bonds. The molecule has 39 heavy (non-hydrogen) atoms. The Labute approximate surface area is 234 Å². The van der Waals surface area contributed by atoms with E-state index in [0.717, 1.165) is 33.0 Å². The van der Waals surface area contributed by atoms with Gasteiger partial charge in [0.25, 0.3) is 0 Å². The van der Waals surface area contributed by atoms with Crippen LogP contribution in [0.2, 0.25) is 0 Å². The average molecular weight is 565 g/mol. The smallest absolute Gasteiger partial charge is 0.335 e. The van der Waals surface area contributed by atoms with Gasteiger partial charge >= 0.3 is 17.5 Å². The standard InChI is InChI=1S/C29H28N2O4S.O2S/c1-3-33-27(32)16-24-17-30-29(36-24)25-14-21-13-23(35-22-11-9-19(2)10-12-22)15-26(28(21)31-25)34-18-20-7-5-4-6-8-20;1-3-2/h4-15,24,31H,3,16-18H2,1-2H3;. The highest BCUT2D eigenvalue weighted by atomic mass is 32.2. The number of hydrogen-bond donors (Lipinski definition) is 1. The molecule has 0 fully saturated rings. The van der Waals surface area contributed by atoms with Gasteiger partial charge in [0.2, 0.25) is 0 Å². The van der Waals surface area contributed by atoms with Gasteiger partial charge in [0.15, 0.2) is 0 Å². The van der Waals surface area contributed by atoms with Crippen LogP contribution >= 0.6 is 11.8 Å². The number of fused-ring (bicyclic) bond motifs is 1. The second-order valence-electron chi connectivity index (χ2n) is 8.72. The number of thioether (sulfide) groups is 1. The van der Waals surface area contributed by atoms with Crippen molar-refractivity contribution in [2.45, 2.75) is 32.1 Å². The van der Waals surface area contributed by atoms with Crippen LogP contribution in [0, 0.1) is 6.92 Å². The molecule has 0 saturated carbocycles. The van der Waals surface area contributed by atoms with Gasteiger partial charge in [0.1, 0.15) is 28.9 Å². The van der Waals surface area contributed by atoms with Crippen molar-refractivity contribution in [3.05, 3.63) is 89.6 Å². The molecule has 8 nitrogen and oxygen atoms in total. The lowest BCUT2D eigenvalue weighted by Crippen LogP contribution is -2.14. The van der Waals surface area contributed by atoms with Gasteiger partial charge in [-0.05, 0) is 43.7 Å². The highest BCUT2D eigenvalue weighted by Gasteiger charge is 2.25. The normalized spacial score (nSPS) is 14.2. The molecular weight excluding hydrogens is 536 g/mol. The molecular formula is C29H28N2O6S2. The number of aliphatic imine (C=N–C) groups is 1. The van der Waals surface area contributed by atoms with Crippen molar-refractivity contribution < 1.29 is 27.4 Å². The van der Waals surface area contributed by atoms with Crippen LogP contribution in [0.5, 0.6) is 17.2 Å². The van der Waals surface area contributed by atoms with E-state index in [9.17, 15) is 4.79 Å². The molecule has 0 saturated heterocycles. The van der Waals surface area contributed by atoms with Crippen LogP contribution in [-0.2, 0) is 27.7 Å². The van der Waals surface area contributed by atoms with E-state index in [1.165, 1.54) is 5.56 Å². The van der Waals surface area contributed by atoms with Crippen LogP contribution in [0.25, 0.3) is 10.9 Å². The molecule has 0 aliphatic carbocycles. The van der Waals surface area contributed by atoms with Crippen LogP contribution in [0.3, 0.4) is 0 Å². The molecule has 10 heteroatoms. The molecule has 0 radical (unpaired) electrons. The number of rotatable bonds is 9. The molecule has 202 valence electrons. The minimum atomic E-state index is -0.750. The maximum atomic E-state index is 11.9. The van der Waals surface area contributed by atoms with Crippen molar-refractivity contribution in [2.24, 2.45) is 4.99 Å². The quantitative estimate of drug-likeness (QED) is 0.249. The minimum Gasteiger partial charge on any atom is -0.487 e. The second kappa shape index (κ2) is 13.8. The zero-order chi connectivity index (χ0) is 27.6. The van der Waals surface area contributed by atoms with Crippen LogP contribution < -0.4 is 9.47 Å². The third-order valence-corrected chi connectivity index (χ3v) is 7.03. The molecule has 1 aromatic heterocycles. The van der Waals surface area contributed by atoms with Gasteiger partial charge in [0, 0.05) is 16.7 Å². The Kier molecular flexibility index (Phi) is 9.93. The first-order valence-electron chi connectivity index (χ1n) is 12.4. The molecule has 1 N–H and O–H groups in total. The lowest BCUT2D eigenvalue weighted by atomic mass is 10.2. The number of hydrogen-bond acceptors (Lipinski definition) is 8. The summed E-state index contributed by atoms with van der Waals surface area (Å²) in [5, 5.41) is 1.94. The van der Waals surface area contributed by atoms with Crippen molar-refractivity contribution in [3.63, 3.8) is 0 Å². The lowest BCUT2D eigenvalue weighted by molar-refractivity contribution is -0.143. The summed E-state index contributed by atoms with van der Waals surface area (Å²) >= 11 is 0.853. The number of benzene rings is 3. The molecule has 3 aromatic carbocycles. The molecule has 1 atom stereocenters. The Hall–Kier alpha value is -3.89. The predicted molar refractivity (Wildman–Crippen MR) is 153 cm³/mol. The van der Waals surface area contributed by atoms with Gasteiger partial charge in [0.05, 0.1) is 30.8 Å². The first-order chi connectivity index (χ1) is 19.0. The topological polar surface area (TPSA) is 107 Å². The summed E-state index contributed by atoms with van der Waals surface area (Å²) in [7, 11) is 0. The van der Waals surface area contributed by atoms with E-state index in [-0.39, 0.29) is 11.2 Å². The molecule has 1 aliphatic heterocycles.